The van der Waals surface area contributed by atoms with E-state index in [2.05, 4.69) is 5.32 Å². The van der Waals surface area contributed by atoms with E-state index in [1.54, 1.807) is 6.07 Å². The van der Waals surface area contributed by atoms with Gasteiger partial charge in [0.2, 0.25) is 12.5 Å². The summed E-state index contributed by atoms with van der Waals surface area (Å²) in [6, 6.07) is 3.84. The Kier molecular flexibility index (Phi) is 2.79. The van der Waals surface area contributed by atoms with Crippen LogP contribution < -0.4 is 14.8 Å². The van der Waals surface area contributed by atoms with Crippen molar-refractivity contribution in [2.45, 2.75) is 25.3 Å². The highest BCUT2D eigenvalue weighted by atomic mass is 16.7. The molecule has 0 radical (unpaired) electrons. The van der Waals surface area contributed by atoms with Crippen molar-refractivity contribution >= 4 is 5.69 Å². The molecule has 1 saturated heterocycles. The van der Waals surface area contributed by atoms with Crippen molar-refractivity contribution in [2.24, 2.45) is 0 Å². The predicted molar refractivity (Wildman–Crippen MR) is 63.9 cm³/mol. The van der Waals surface area contributed by atoms with Gasteiger partial charge in [-0.2, -0.15) is 0 Å². The zero-order valence-corrected chi connectivity index (χ0v) is 9.85. The molecule has 18 heavy (non-hydrogen) atoms. The molecule has 0 amide bonds. The average molecular weight is 250 g/mol. The van der Waals surface area contributed by atoms with Crippen molar-refractivity contribution in [3.05, 3.63) is 27.8 Å². The first-order chi connectivity index (χ1) is 8.74. The SMILES string of the molecule is O=[N+]([O-])c1cc(CC2CCCN2)cc2c1OCO2. The lowest BCUT2D eigenvalue weighted by molar-refractivity contribution is -0.385. The van der Waals surface area contributed by atoms with Gasteiger partial charge in [-0.15, -0.1) is 0 Å². The number of nitrogens with one attached hydrogen (secondary N) is 1. The summed E-state index contributed by atoms with van der Waals surface area (Å²) in [4.78, 5) is 10.6. The van der Waals surface area contributed by atoms with Gasteiger partial charge in [0.15, 0.2) is 5.75 Å². The fourth-order valence-corrected chi connectivity index (χ4v) is 2.52. The quantitative estimate of drug-likeness (QED) is 0.651. The number of ether oxygens (including phenoxy) is 2. The number of hydrogen-bond acceptors (Lipinski definition) is 5. The molecule has 96 valence electrons. The van der Waals surface area contributed by atoms with Gasteiger partial charge in [0.1, 0.15) is 0 Å². The molecule has 6 nitrogen and oxygen atoms in total. The Hall–Kier alpha value is -1.82. The Bertz CT molecular complexity index is 483. The van der Waals surface area contributed by atoms with Crippen LogP contribution in [-0.2, 0) is 6.42 Å². The van der Waals surface area contributed by atoms with Crippen LogP contribution in [0.25, 0.3) is 0 Å². The molecule has 6 heteroatoms. The van der Waals surface area contributed by atoms with Crippen molar-refractivity contribution in [1.29, 1.82) is 0 Å². The molecule has 2 aliphatic heterocycles. The highest BCUT2D eigenvalue weighted by Crippen LogP contribution is 2.41. The highest BCUT2D eigenvalue weighted by Gasteiger charge is 2.27. The minimum atomic E-state index is -0.418. The van der Waals surface area contributed by atoms with Crippen LogP contribution in [0.5, 0.6) is 11.5 Å². The third-order valence-electron chi connectivity index (χ3n) is 3.35. The van der Waals surface area contributed by atoms with Crippen molar-refractivity contribution in [1.82, 2.24) is 5.32 Å². The number of fused-ring (bicyclic) bond motifs is 1. The molecule has 1 fully saturated rings. The van der Waals surface area contributed by atoms with Crippen LogP contribution in [0.2, 0.25) is 0 Å². The number of nitro benzene ring substituents is 1. The number of nitro groups is 1. The van der Waals surface area contributed by atoms with Gasteiger partial charge in [-0.3, -0.25) is 10.1 Å². The van der Waals surface area contributed by atoms with E-state index in [-0.39, 0.29) is 18.2 Å². The van der Waals surface area contributed by atoms with Crippen LogP contribution in [0.3, 0.4) is 0 Å². The molecule has 1 N–H and O–H groups in total. The molecule has 1 aromatic carbocycles. The summed E-state index contributed by atoms with van der Waals surface area (Å²) in [5.41, 5.74) is 0.920. The summed E-state index contributed by atoms with van der Waals surface area (Å²) >= 11 is 0. The largest absolute Gasteiger partial charge is 0.453 e. The maximum absolute atomic E-state index is 11.0. The molecule has 3 rings (SSSR count). The average Bonchev–Trinajstić information content (AvgIpc) is 2.98. The Morgan fingerprint density at radius 1 is 1.44 bits per heavy atom. The Balaban J connectivity index is 1.90. The molecular weight excluding hydrogens is 236 g/mol. The maximum Gasteiger partial charge on any atom is 0.315 e. The van der Waals surface area contributed by atoms with Gasteiger partial charge in [-0.25, -0.2) is 0 Å². The van der Waals surface area contributed by atoms with E-state index in [4.69, 9.17) is 9.47 Å². The molecule has 0 aromatic heterocycles. The molecule has 0 bridgehead atoms. The van der Waals surface area contributed by atoms with E-state index < -0.39 is 4.92 Å². The Morgan fingerprint density at radius 3 is 3.06 bits per heavy atom. The normalized spacial score (nSPS) is 21.2. The van der Waals surface area contributed by atoms with Gasteiger partial charge in [-0.1, -0.05) is 0 Å². The molecule has 0 saturated carbocycles. The molecule has 1 atom stereocenters. The first kappa shape index (κ1) is 11.3. The standard InChI is InChI=1S/C12H14N2O4/c15-14(16)10-5-8(4-9-2-1-3-13-9)6-11-12(10)18-7-17-11/h5-6,9,13H,1-4,7H2. The minimum absolute atomic E-state index is 0.00185. The molecule has 2 heterocycles. The zero-order valence-electron chi connectivity index (χ0n) is 9.85. The van der Waals surface area contributed by atoms with E-state index >= 15 is 0 Å². The monoisotopic (exact) mass is 250 g/mol. The number of hydrogen-bond donors (Lipinski definition) is 1. The summed E-state index contributed by atoms with van der Waals surface area (Å²) in [5.74, 6) is 0.736. The van der Waals surface area contributed by atoms with Crippen molar-refractivity contribution in [2.75, 3.05) is 13.3 Å². The molecule has 2 aliphatic rings. The van der Waals surface area contributed by atoms with Gasteiger partial charge >= 0.3 is 5.69 Å². The van der Waals surface area contributed by atoms with Crippen molar-refractivity contribution in [3.8, 4) is 11.5 Å². The second-order valence-corrected chi connectivity index (χ2v) is 4.60. The van der Waals surface area contributed by atoms with Crippen molar-refractivity contribution in [3.63, 3.8) is 0 Å². The lowest BCUT2D eigenvalue weighted by atomic mass is 10.0. The Morgan fingerprint density at radius 2 is 2.33 bits per heavy atom. The second-order valence-electron chi connectivity index (χ2n) is 4.60. The molecular formula is C12H14N2O4. The highest BCUT2D eigenvalue weighted by molar-refractivity contribution is 5.59. The lowest BCUT2D eigenvalue weighted by Gasteiger charge is -2.10. The van der Waals surface area contributed by atoms with Gasteiger partial charge in [0, 0.05) is 12.1 Å². The Labute approximate surface area is 104 Å². The first-order valence-electron chi connectivity index (χ1n) is 6.04. The van der Waals surface area contributed by atoms with Crippen LogP contribution in [0.15, 0.2) is 12.1 Å². The van der Waals surface area contributed by atoms with Crippen LogP contribution in [-0.4, -0.2) is 24.3 Å². The molecule has 0 spiro atoms. The van der Waals surface area contributed by atoms with E-state index in [9.17, 15) is 10.1 Å². The molecule has 0 aliphatic carbocycles. The summed E-state index contributed by atoms with van der Waals surface area (Å²) in [5, 5.41) is 14.4. The van der Waals surface area contributed by atoms with Crippen LogP contribution in [0, 0.1) is 10.1 Å². The molecule has 1 unspecified atom stereocenters. The number of rotatable bonds is 3. The predicted octanol–water partition coefficient (Wildman–Crippen LogP) is 1.62. The maximum atomic E-state index is 11.0. The summed E-state index contributed by atoms with van der Waals surface area (Å²) in [7, 11) is 0. The first-order valence-corrected chi connectivity index (χ1v) is 6.04. The van der Waals surface area contributed by atoms with Gasteiger partial charge < -0.3 is 14.8 Å². The van der Waals surface area contributed by atoms with Crippen LogP contribution in [0.1, 0.15) is 18.4 Å². The van der Waals surface area contributed by atoms with Crippen molar-refractivity contribution < 1.29 is 14.4 Å². The minimum Gasteiger partial charge on any atom is -0.453 e. The second kappa shape index (κ2) is 4.45. The van der Waals surface area contributed by atoms with Gasteiger partial charge in [-0.05, 0) is 37.4 Å². The van der Waals surface area contributed by atoms with Gasteiger partial charge in [0.25, 0.3) is 0 Å². The summed E-state index contributed by atoms with van der Waals surface area (Å²) < 4.78 is 10.4. The third-order valence-corrected chi connectivity index (χ3v) is 3.35. The smallest absolute Gasteiger partial charge is 0.315 e. The summed E-state index contributed by atoms with van der Waals surface area (Å²) in [6.07, 6.45) is 3.07. The fourth-order valence-electron chi connectivity index (χ4n) is 2.52. The number of nitrogens with zero attached hydrogens (tertiary/aromatic N) is 1. The van der Waals surface area contributed by atoms with E-state index in [0.29, 0.717) is 11.8 Å². The van der Waals surface area contributed by atoms with E-state index in [1.165, 1.54) is 0 Å². The van der Waals surface area contributed by atoms with E-state index in [1.807, 2.05) is 6.07 Å². The molecule has 1 aromatic rings. The van der Waals surface area contributed by atoms with E-state index in [0.717, 1.165) is 31.4 Å². The number of benzene rings is 1. The lowest BCUT2D eigenvalue weighted by Crippen LogP contribution is -2.23. The zero-order chi connectivity index (χ0) is 12.5. The fraction of sp³-hybridized carbons (Fsp3) is 0.500. The van der Waals surface area contributed by atoms with Crippen LogP contribution in [0.4, 0.5) is 5.69 Å². The topological polar surface area (TPSA) is 73.6 Å². The van der Waals surface area contributed by atoms with Gasteiger partial charge in [0.05, 0.1) is 4.92 Å². The third kappa shape index (κ3) is 1.99. The van der Waals surface area contributed by atoms with Crippen LogP contribution >= 0.6 is 0 Å². The summed E-state index contributed by atoms with van der Waals surface area (Å²) in [6.45, 7) is 1.08.